The topological polar surface area (TPSA) is 46.5 Å². The van der Waals surface area contributed by atoms with E-state index in [0.717, 1.165) is 22.3 Å². The number of carboxylic acids is 1. The minimum absolute atomic E-state index is 0.196. The number of hydrogen-bond donors (Lipinski definition) is 1. The van der Waals surface area contributed by atoms with Crippen molar-refractivity contribution < 1.29 is 19.0 Å². The second-order valence-corrected chi connectivity index (χ2v) is 6.85. The van der Waals surface area contributed by atoms with Gasteiger partial charge in [0, 0.05) is 5.56 Å². The minimum atomic E-state index is -0.994. The molecule has 1 N–H and O–H groups in total. The number of halogens is 1. The van der Waals surface area contributed by atoms with Crippen LogP contribution in [-0.2, 0) is 6.61 Å². The predicted molar refractivity (Wildman–Crippen MR) is 115 cm³/mol. The van der Waals surface area contributed by atoms with E-state index in [1.165, 1.54) is 12.1 Å². The van der Waals surface area contributed by atoms with Crippen LogP contribution in [0.4, 0.5) is 4.39 Å². The molecule has 148 valence electrons. The van der Waals surface area contributed by atoms with Crippen molar-refractivity contribution in [3.8, 4) is 28.0 Å². The standard InChI is InChI=1S/C26H19FO3/c27-21-13-14-25(30-17-18-7-2-1-3-8-18)24(16-21)23-12-5-4-11-22(23)19-9-6-10-20(15-19)26(28)29/h1-16H,17H2,(H,28,29). The first kappa shape index (κ1) is 19.4. The van der Waals surface area contributed by atoms with Crippen molar-refractivity contribution in [1.29, 1.82) is 0 Å². The van der Waals surface area contributed by atoms with E-state index in [2.05, 4.69) is 0 Å². The molecule has 0 heterocycles. The quantitative estimate of drug-likeness (QED) is 0.407. The Bertz CT molecular complexity index is 1190. The molecule has 30 heavy (non-hydrogen) atoms. The van der Waals surface area contributed by atoms with Gasteiger partial charge in [-0.3, -0.25) is 0 Å². The SMILES string of the molecule is O=C(O)c1cccc(-c2ccccc2-c2cc(F)ccc2OCc2ccccc2)c1. The zero-order valence-electron chi connectivity index (χ0n) is 16.1. The largest absolute Gasteiger partial charge is 0.488 e. The predicted octanol–water partition coefficient (Wildman–Crippen LogP) is 6.44. The number of ether oxygens (including phenoxy) is 1. The van der Waals surface area contributed by atoms with Crippen molar-refractivity contribution >= 4 is 5.97 Å². The number of aromatic carboxylic acids is 1. The van der Waals surface area contributed by atoms with Crippen LogP contribution in [0.15, 0.2) is 97.1 Å². The van der Waals surface area contributed by atoms with Gasteiger partial charge in [0.2, 0.25) is 0 Å². The monoisotopic (exact) mass is 398 g/mol. The molecule has 0 atom stereocenters. The number of rotatable bonds is 6. The number of carboxylic acid groups (broad SMARTS) is 1. The van der Waals surface area contributed by atoms with E-state index in [-0.39, 0.29) is 11.4 Å². The summed E-state index contributed by atoms with van der Waals surface area (Å²) in [5, 5.41) is 9.33. The van der Waals surface area contributed by atoms with Crippen molar-refractivity contribution in [1.82, 2.24) is 0 Å². The lowest BCUT2D eigenvalue weighted by Gasteiger charge is -2.16. The molecular formula is C26H19FO3. The molecule has 0 bridgehead atoms. The van der Waals surface area contributed by atoms with Gasteiger partial charge in [0.25, 0.3) is 0 Å². The molecular weight excluding hydrogens is 379 g/mol. The van der Waals surface area contributed by atoms with E-state index < -0.39 is 5.97 Å². The van der Waals surface area contributed by atoms with Crippen molar-refractivity contribution in [2.24, 2.45) is 0 Å². The second-order valence-electron chi connectivity index (χ2n) is 6.85. The molecule has 0 unspecified atom stereocenters. The molecule has 4 rings (SSSR count). The van der Waals surface area contributed by atoms with E-state index >= 15 is 0 Å². The van der Waals surface area contributed by atoms with Gasteiger partial charge in [-0.15, -0.1) is 0 Å². The average Bonchev–Trinajstić information content (AvgIpc) is 2.79. The zero-order valence-corrected chi connectivity index (χ0v) is 16.1. The first-order valence-corrected chi connectivity index (χ1v) is 9.51. The van der Waals surface area contributed by atoms with Crippen molar-refractivity contribution in [2.45, 2.75) is 6.61 Å². The summed E-state index contributed by atoms with van der Waals surface area (Å²) in [4.78, 5) is 11.4. The summed E-state index contributed by atoms with van der Waals surface area (Å²) in [7, 11) is 0. The van der Waals surface area contributed by atoms with Crippen LogP contribution in [0, 0.1) is 5.82 Å². The van der Waals surface area contributed by atoms with Crippen molar-refractivity contribution in [3.63, 3.8) is 0 Å². The third-order valence-electron chi connectivity index (χ3n) is 4.82. The molecule has 4 aromatic rings. The summed E-state index contributed by atoms with van der Waals surface area (Å²) < 4.78 is 20.2. The summed E-state index contributed by atoms with van der Waals surface area (Å²) in [5.41, 5.74) is 4.13. The highest BCUT2D eigenvalue weighted by molar-refractivity contribution is 5.92. The lowest BCUT2D eigenvalue weighted by Crippen LogP contribution is -1.99. The summed E-state index contributed by atoms with van der Waals surface area (Å²) in [6.45, 7) is 0.357. The van der Waals surface area contributed by atoms with Gasteiger partial charge in [0.1, 0.15) is 18.2 Å². The molecule has 0 saturated carbocycles. The first-order valence-electron chi connectivity index (χ1n) is 9.51. The highest BCUT2D eigenvalue weighted by atomic mass is 19.1. The molecule has 0 saturated heterocycles. The van der Waals surface area contributed by atoms with Gasteiger partial charge >= 0.3 is 5.97 Å². The number of carbonyl (C=O) groups is 1. The van der Waals surface area contributed by atoms with E-state index in [9.17, 15) is 14.3 Å². The van der Waals surface area contributed by atoms with E-state index in [4.69, 9.17) is 4.74 Å². The molecule has 4 heteroatoms. The Balaban J connectivity index is 1.77. The summed E-state index contributed by atoms with van der Waals surface area (Å²) >= 11 is 0. The molecule has 0 radical (unpaired) electrons. The first-order chi connectivity index (χ1) is 14.6. The number of benzene rings is 4. The Morgan fingerprint density at radius 2 is 1.50 bits per heavy atom. The molecule has 0 amide bonds. The molecule has 0 aromatic heterocycles. The molecule has 4 aromatic carbocycles. The smallest absolute Gasteiger partial charge is 0.335 e. The van der Waals surface area contributed by atoms with E-state index in [1.807, 2.05) is 60.7 Å². The van der Waals surface area contributed by atoms with Gasteiger partial charge in [-0.1, -0.05) is 66.7 Å². The van der Waals surface area contributed by atoms with Gasteiger partial charge in [0.15, 0.2) is 0 Å². The maximum Gasteiger partial charge on any atom is 0.335 e. The molecule has 0 aliphatic heterocycles. The van der Waals surface area contributed by atoms with Crippen LogP contribution >= 0.6 is 0 Å². The maximum absolute atomic E-state index is 14.2. The fourth-order valence-electron chi connectivity index (χ4n) is 3.36. The van der Waals surface area contributed by atoms with Crippen molar-refractivity contribution in [2.75, 3.05) is 0 Å². The van der Waals surface area contributed by atoms with E-state index in [1.54, 1.807) is 24.3 Å². The van der Waals surface area contributed by atoms with Gasteiger partial charge < -0.3 is 9.84 Å². The fraction of sp³-hybridized carbons (Fsp3) is 0.0385. The molecule has 3 nitrogen and oxygen atoms in total. The molecule has 0 aliphatic rings. The number of hydrogen-bond acceptors (Lipinski definition) is 2. The van der Waals surface area contributed by atoms with Crippen LogP contribution in [0.2, 0.25) is 0 Å². The molecule has 0 fully saturated rings. The van der Waals surface area contributed by atoms with Crippen LogP contribution < -0.4 is 4.74 Å². The Kier molecular flexibility index (Phi) is 5.57. The Morgan fingerprint density at radius 1 is 0.767 bits per heavy atom. The highest BCUT2D eigenvalue weighted by Gasteiger charge is 2.14. The minimum Gasteiger partial charge on any atom is -0.488 e. The Hall–Kier alpha value is -3.92. The highest BCUT2D eigenvalue weighted by Crippen LogP contribution is 2.38. The van der Waals surface area contributed by atoms with Gasteiger partial charge in [0.05, 0.1) is 5.56 Å². The average molecular weight is 398 g/mol. The molecule has 0 aliphatic carbocycles. The lowest BCUT2D eigenvalue weighted by molar-refractivity contribution is 0.0697. The Labute approximate surface area is 174 Å². The fourth-order valence-corrected chi connectivity index (χ4v) is 3.36. The Morgan fingerprint density at radius 3 is 2.27 bits per heavy atom. The van der Waals surface area contributed by atoms with Crippen LogP contribution in [0.5, 0.6) is 5.75 Å². The van der Waals surface area contributed by atoms with E-state index in [0.29, 0.717) is 17.9 Å². The van der Waals surface area contributed by atoms with Crippen LogP contribution in [0.3, 0.4) is 0 Å². The summed E-state index contributed by atoms with van der Waals surface area (Å²) in [6, 6.07) is 28.4. The van der Waals surface area contributed by atoms with Crippen LogP contribution in [-0.4, -0.2) is 11.1 Å². The third kappa shape index (κ3) is 4.23. The van der Waals surface area contributed by atoms with Crippen LogP contribution in [0.25, 0.3) is 22.3 Å². The second kappa shape index (κ2) is 8.62. The zero-order chi connectivity index (χ0) is 20.9. The van der Waals surface area contributed by atoms with Gasteiger partial charge in [-0.05, 0) is 52.6 Å². The lowest BCUT2D eigenvalue weighted by atomic mass is 9.93. The summed E-state index contributed by atoms with van der Waals surface area (Å²) in [5.74, 6) is -0.805. The van der Waals surface area contributed by atoms with Crippen LogP contribution in [0.1, 0.15) is 15.9 Å². The van der Waals surface area contributed by atoms with Gasteiger partial charge in [-0.2, -0.15) is 0 Å². The molecule has 0 spiro atoms. The van der Waals surface area contributed by atoms with Gasteiger partial charge in [-0.25, -0.2) is 9.18 Å². The third-order valence-corrected chi connectivity index (χ3v) is 4.82. The maximum atomic E-state index is 14.2. The van der Waals surface area contributed by atoms with Crippen molar-refractivity contribution in [3.05, 3.63) is 114 Å². The summed E-state index contributed by atoms with van der Waals surface area (Å²) in [6.07, 6.45) is 0. The normalized spacial score (nSPS) is 10.6.